The number of hydrogen-bond donors (Lipinski definition) is 2. The lowest BCUT2D eigenvalue weighted by atomic mass is 9.99. The number of nitrogens with one attached hydrogen (secondary N) is 1. The Bertz CT molecular complexity index is 1230. The van der Waals surface area contributed by atoms with Crippen LogP contribution in [0.25, 0.3) is 5.00 Å². The van der Waals surface area contributed by atoms with Crippen LogP contribution in [0.1, 0.15) is 84.2 Å². The van der Waals surface area contributed by atoms with Gasteiger partial charge in [-0.1, -0.05) is 49.4 Å². The number of rotatable bonds is 11. The topological polar surface area (TPSA) is 92.4 Å². The van der Waals surface area contributed by atoms with Crippen LogP contribution in [0.4, 0.5) is 0 Å². The van der Waals surface area contributed by atoms with E-state index in [0.29, 0.717) is 17.4 Å². The lowest BCUT2D eigenvalue weighted by Crippen LogP contribution is -2.26. The summed E-state index contributed by atoms with van der Waals surface area (Å²) in [4.78, 5) is 19.3. The first-order valence-corrected chi connectivity index (χ1v) is 13.8. The van der Waals surface area contributed by atoms with Gasteiger partial charge in [0.1, 0.15) is 16.9 Å². The molecule has 1 aromatic carbocycles. The van der Waals surface area contributed by atoms with Gasteiger partial charge in [0.25, 0.3) is 0 Å². The molecule has 1 aliphatic heterocycles. The van der Waals surface area contributed by atoms with E-state index in [1.54, 1.807) is 11.3 Å². The van der Waals surface area contributed by atoms with Crippen molar-refractivity contribution in [2.45, 2.75) is 71.8 Å². The zero-order valence-corrected chi connectivity index (χ0v) is 22.8. The third-order valence-corrected chi connectivity index (χ3v) is 8.09. The summed E-state index contributed by atoms with van der Waals surface area (Å²) >= 11 is 7.87. The van der Waals surface area contributed by atoms with E-state index in [1.165, 1.54) is 10.4 Å². The largest absolute Gasteiger partial charge is 0.396 e. The second-order valence-corrected chi connectivity index (χ2v) is 10.9. The first-order valence-electron chi connectivity index (χ1n) is 12.6. The van der Waals surface area contributed by atoms with Gasteiger partial charge in [0.05, 0.1) is 12.1 Å². The van der Waals surface area contributed by atoms with Crippen LogP contribution in [0.15, 0.2) is 29.3 Å². The number of aliphatic hydroxyl groups excluding tert-OH is 1. The van der Waals surface area contributed by atoms with Gasteiger partial charge in [-0.25, -0.2) is 0 Å². The van der Waals surface area contributed by atoms with Crippen LogP contribution in [0.5, 0.6) is 0 Å². The molecular weight excluding hydrogens is 494 g/mol. The molecule has 0 bridgehead atoms. The molecule has 1 aliphatic rings. The Balaban J connectivity index is 1.56. The Morgan fingerprint density at radius 2 is 1.75 bits per heavy atom. The summed E-state index contributed by atoms with van der Waals surface area (Å²) in [5, 5.41) is 22.5. The summed E-state index contributed by atoms with van der Waals surface area (Å²) in [5.74, 6) is 1.44. The third kappa shape index (κ3) is 5.88. The maximum Gasteiger partial charge on any atom is 0.222 e. The predicted molar refractivity (Wildman–Crippen MR) is 146 cm³/mol. The molecule has 3 heterocycles. The minimum absolute atomic E-state index is 0.0372. The lowest BCUT2D eigenvalue weighted by molar-refractivity contribution is -0.121. The second-order valence-electron chi connectivity index (χ2n) is 9.30. The van der Waals surface area contributed by atoms with Gasteiger partial charge in [-0.15, -0.1) is 21.5 Å². The monoisotopic (exact) mass is 527 g/mol. The molecule has 36 heavy (non-hydrogen) atoms. The van der Waals surface area contributed by atoms with Crippen molar-refractivity contribution in [3.05, 3.63) is 62.5 Å². The number of thiophene rings is 1. The van der Waals surface area contributed by atoms with Crippen molar-refractivity contribution in [3.8, 4) is 5.00 Å². The standard InChI is InChI=1S/C27H34ClN5O2S/c1-17-18(2)36-27-24(17)25(20-10-12-21(28)13-11-20)30-22(26-32-31-19(3)33(26)27)16-23(35)29-14-8-6-4-5-7-9-15-34/h10-13,22,34H,4-9,14-16H2,1-3H3,(H,29,35)/t22-/m0/s1. The van der Waals surface area contributed by atoms with Crippen LogP contribution in [0, 0.1) is 20.8 Å². The van der Waals surface area contributed by atoms with Crippen LogP contribution in [-0.2, 0) is 4.79 Å². The van der Waals surface area contributed by atoms with Crippen LogP contribution in [-0.4, -0.2) is 44.6 Å². The molecular formula is C27H34ClN5O2S. The number of aryl methyl sites for hydroxylation is 2. The number of carbonyl (C=O) groups is 1. The zero-order valence-electron chi connectivity index (χ0n) is 21.2. The molecule has 7 nitrogen and oxygen atoms in total. The van der Waals surface area contributed by atoms with Gasteiger partial charge in [-0.3, -0.25) is 14.4 Å². The van der Waals surface area contributed by atoms with Crippen molar-refractivity contribution in [2.75, 3.05) is 13.2 Å². The highest BCUT2D eigenvalue weighted by molar-refractivity contribution is 7.15. The lowest BCUT2D eigenvalue weighted by Gasteiger charge is -2.13. The van der Waals surface area contributed by atoms with E-state index in [4.69, 9.17) is 21.7 Å². The molecule has 4 rings (SSSR count). The fraction of sp³-hybridized carbons (Fsp3) is 0.481. The summed E-state index contributed by atoms with van der Waals surface area (Å²) in [6.45, 7) is 7.09. The zero-order chi connectivity index (χ0) is 25.7. The normalized spacial score (nSPS) is 14.7. The highest BCUT2D eigenvalue weighted by Gasteiger charge is 2.32. The molecule has 9 heteroatoms. The molecule has 2 N–H and O–H groups in total. The van der Waals surface area contributed by atoms with Gasteiger partial charge in [0.2, 0.25) is 5.91 Å². The number of fused-ring (bicyclic) bond motifs is 3. The van der Waals surface area contributed by atoms with Crippen molar-refractivity contribution in [2.24, 2.45) is 4.99 Å². The summed E-state index contributed by atoms with van der Waals surface area (Å²) in [7, 11) is 0. The molecule has 0 unspecified atom stereocenters. The molecule has 2 aromatic heterocycles. The highest BCUT2D eigenvalue weighted by Crippen LogP contribution is 2.39. The third-order valence-electron chi connectivity index (χ3n) is 6.64. The fourth-order valence-corrected chi connectivity index (χ4v) is 5.89. The van der Waals surface area contributed by atoms with Gasteiger partial charge in [0.15, 0.2) is 5.82 Å². The average molecular weight is 528 g/mol. The number of aliphatic hydroxyl groups is 1. The van der Waals surface area contributed by atoms with Crippen LogP contribution < -0.4 is 5.32 Å². The Morgan fingerprint density at radius 3 is 2.47 bits per heavy atom. The number of carbonyl (C=O) groups excluding carboxylic acids is 1. The average Bonchev–Trinajstić information content (AvgIpc) is 3.33. The van der Waals surface area contributed by atoms with E-state index in [0.717, 1.165) is 66.2 Å². The number of aromatic nitrogens is 3. The van der Waals surface area contributed by atoms with Crippen molar-refractivity contribution in [1.29, 1.82) is 0 Å². The number of hydrogen-bond acceptors (Lipinski definition) is 6. The number of amides is 1. The van der Waals surface area contributed by atoms with Crippen LogP contribution >= 0.6 is 22.9 Å². The molecule has 0 spiro atoms. The molecule has 3 aromatic rings. The quantitative estimate of drug-likeness (QED) is 0.316. The van der Waals surface area contributed by atoms with E-state index in [2.05, 4.69) is 33.9 Å². The van der Waals surface area contributed by atoms with Crippen molar-refractivity contribution in [3.63, 3.8) is 0 Å². The maximum absolute atomic E-state index is 13.0. The second kappa shape index (κ2) is 12.1. The molecule has 1 amide bonds. The van der Waals surface area contributed by atoms with E-state index >= 15 is 0 Å². The summed E-state index contributed by atoms with van der Waals surface area (Å²) < 4.78 is 2.07. The van der Waals surface area contributed by atoms with E-state index in [9.17, 15) is 4.79 Å². The van der Waals surface area contributed by atoms with Gasteiger partial charge in [-0.05, 0) is 51.3 Å². The predicted octanol–water partition coefficient (Wildman–Crippen LogP) is 5.64. The van der Waals surface area contributed by atoms with E-state index in [-0.39, 0.29) is 18.9 Å². The van der Waals surface area contributed by atoms with Gasteiger partial charge >= 0.3 is 0 Å². The summed E-state index contributed by atoms with van der Waals surface area (Å²) in [6.07, 6.45) is 6.39. The van der Waals surface area contributed by atoms with Crippen LogP contribution in [0.3, 0.4) is 0 Å². The summed E-state index contributed by atoms with van der Waals surface area (Å²) in [6, 6.07) is 7.25. The Hall–Kier alpha value is -2.55. The minimum Gasteiger partial charge on any atom is -0.396 e. The van der Waals surface area contributed by atoms with Crippen molar-refractivity contribution in [1.82, 2.24) is 20.1 Å². The Kier molecular flexibility index (Phi) is 8.93. The minimum atomic E-state index is -0.449. The Morgan fingerprint density at radius 1 is 1.06 bits per heavy atom. The molecule has 0 radical (unpaired) electrons. The first kappa shape index (κ1) is 26.5. The number of aliphatic imine (C=N–C) groups is 1. The molecule has 0 saturated carbocycles. The number of nitrogens with zero attached hydrogens (tertiary/aromatic N) is 4. The van der Waals surface area contributed by atoms with Crippen molar-refractivity contribution < 1.29 is 9.90 Å². The number of benzene rings is 1. The van der Waals surface area contributed by atoms with Crippen molar-refractivity contribution >= 4 is 34.6 Å². The van der Waals surface area contributed by atoms with Crippen LogP contribution in [0.2, 0.25) is 5.02 Å². The molecule has 192 valence electrons. The Labute approximate surface area is 221 Å². The highest BCUT2D eigenvalue weighted by atomic mass is 35.5. The summed E-state index contributed by atoms with van der Waals surface area (Å²) in [5.41, 5.74) is 4.05. The molecule has 0 fully saturated rings. The SMILES string of the molecule is Cc1sc2c(c1C)C(c1ccc(Cl)cc1)=N[C@@H](CC(=O)NCCCCCCCCO)c1nnc(C)n1-2. The first-order chi connectivity index (χ1) is 17.4. The number of unbranched alkanes of at least 4 members (excludes halogenated alkanes) is 5. The van der Waals surface area contributed by atoms with Gasteiger partial charge in [0, 0.05) is 34.2 Å². The van der Waals surface area contributed by atoms with E-state index in [1.807, 2.05) is 31.2 Å². The smallest absolute Gasteiger partial charge is 0.222 e. The maximum atomic E-state index is 13.0. The molecule has 1 atom stereocenters. The fourth-order valence-electron chi connectivity index (χ4n) is 4.55. The molecule has 0 aliphatic carbocycles. The number of halogens is 1. The van der Waals surface area contributed by atoms with Gasteiger partial charge in [-0.2, -0.15) is 0 Å². The van der Waals surface area contributed by atoms with E-state index < -0.39 is 6.04 Å². The molecule has 0 saturated heterocycles. The van der Waals surface area contributed by atoms with Gasteiger partial charge < -0.3 is 10.4 Å².